The summed E-state index contributed by atoms with van der Waals surface area (Å²) in [6.07, 6.45) is 0. The van der Waals surface area contributed by atoms with Crippen LogP contribution in [0.15, 0.2) is 17.2 Å². The molecule has 1 aromatic heterocycles. The molecule has 1 N–H and O–H groups in total. The van der Waals surface area contributed by atoms with Gasteiger partial charge in [0.2, 0.25) is 0 Å². The van der Waals surface area contributed by atoms with Crippen molar-refractivity contribution < 1.29 is 14.6 Å². The predicted octanol–water partition coefficient (Wildman–Crippen LogP) is 1.71. The number of methoxy groups -OCH3 is 1. The second-order valence-corrected chi connectivity index (χ2v) is 5.17. The van der Waals surface area contributed by atoms with Gasteiger partial charge >= 0.3 is 5.97 Å². The molecule has 0 saturated heterocycles. The number of carbonyl (C=O) groups is 1. The highest BCUT2D eigenvalue weighted by Gasteiger charge is 2.31. The van der Waals surface area contributed by atoms with Gasteiger partial charge in [0, 0.05) is 11.4 Å². The first kappa shape index (κ1) is 14.0. The van der Waals surface area contributed by atoms with E-state index >= 15 is 0 Å². The number of ether oxygens (including phenoxy) is 1. The summed E-state index contributed by atoms with van der Waals surface area (Å²) in [6, 6.07) is 3.90. The normalized spacial score (nSPS) is 14.2. The Morgan fingerprint density at radius 1 is 1.53 bits per heavy atom. The van der Waals surface area contributed by atoms with Crippen molar-refractivity contribution in [1.82, 2.24) is 4.98 Å². The van der Waals surface area contributed by atoms with E-state index in [4.69, 9.17) is 0 Å². The van der Waals surface area contributed by atoms with Crippen molar-refractivity contribution >= 4 is 17.7 Å². The molecule has 4 nitrogen and oxygen atoms in total. The zero-order valence-corrected chi connectivity index (χ0v) is 11.3. The van der Waals surface area contributed by atoms with E-state index in [1.54, 1.807) is 0 Å². The Bertz CT molecular complexity index is 398. The highest BCUT2D eigenvalue weighted by molar-refractivity contribution is 7.99. The lowest BCUT2D eigenvalue weighted by molar-refractivity contribution is -0.158. The summed E-state index contributed by atoms with van der Waals surface area (Å²) in [4.78, 5) is 15.6. The molecule has 1 heterocycles. The Morgan fingerprint density at radius 2 is 2.18 bits per heavy atom. The maximum atomic E-state index is 11.3. The van der Waals surface area contributed by atoms with Crippen LogP contribution in [0.5, 0.6) is 0 Å². The molecule has 0 aliphatic carbocycles. The number of nitrogens with zero attached hydrogens (tertiary/aromatic N) is 1. The predicted molar refractivity (Wildman–Crippen MR) is 67.1 cm³/mol. The topological polar surface area (TPSA) is 59.4 Å². The number of hydrogen-bond donors (Lipinski definition) is 1. The van der Waals surface area contributed by atoms with Gasteiger partial charge in [0.1, 0.15) is 0 Å². The Hall–Kier alpha value is -1.07. The van der Waals surface area contributed by atoms with E-state index in [1.165, 1.54) is 25.8 Å². The van der Waals surface area contributed by atoms with Gasteiger partial charge in [-0.05, 0) is 38.5 Å². The van der Waals surface area contributed by atoms with Crippen molar-refractivity contribution in [3.63, 3.8) is 0 Å². The second-order valence-electron chi connectivity index (χ2n) is 4.18. The van der Waals surface area contributed by atoms with Crippen LogP contribution in [0.1, 0.15) is 18.2 Å². The lowest BCUT2D eigenvalue weighted by Gasteiger charge is -2.19. The van der Waals surface area contributed by atoms with Crippen molar-refractivity contribution in [2.24, 2.45) is 0 Å². The standard InChI is InChI=1S/C12H17NO3S/c1-8-5-9(2)13-10(6-8)17-7-12(3,15)11(14)16-4/h5-6,15H,7H2,1-4H3. The summed E-state index contributed by atoms with van der Waals surface area (Å²) in [7, 11) is 1.26. The van der Waals surface area contributed by atoms with Crippen LogP contribution in [0.4, 0.5) is 0 Å². The van der Waals surface area contributed by atoms with Gasteiger partial charge in [-0.15, -0.1) is 11.8 Å². The lowest BCUT2D eigenvalue weighted by atomic mass is 10.1. The molecule has 0 bridgehead atoms. The smallest absolute Gasteiger partial charge is 0.338 e. The molecular formula is C12H17NO3S. The van der Waals surface area contributed by atoms with Gasteiger partial charge < -0.3 is 9.84 Å². The SMILES string of the molecule is COC(=O)C(C)(O)CSc1cc(C)cc(C)n1. The highest BCUT2D eigenvalue weighted by atomic mass is 32.2. The summed E-state index contributed by atoms with van der Waals surface area (Å²) < 4.78 is 4.53. The number of hydrogen-bond acceptors (Lipinski definition) is 5. The molecule has 1 unspecified atom stereocenters. The van der Waals surface area contributed by atoms with Crippen molar-refractivity contribution in [3.05, 3.63) is 23.4 Å². The molecule has 17 heavy (non-hydrogen) atoms. The molecule has 0 radical (unpaired) electrons. The summed E-state index contributed by atoms with van der Waals surface area (Å²) >= 11 is 1.34. The number of aryl methyl sites for hydroxylation is 2. The van der Waals surface area contributed by atoms with Crippen molar-refractivity contribution in [3.8, 4) is 0 Å². The van der Waals surface area contributed by atoms with E-state index < -0.39 is 11.6 Å². The average Bonchev–Trinajstić information content (AvgIpc) is 2.24. The minimum Gasteiger partial charge on any atom is -0.467 e. The molecule has 0 aliphatic rings. The fourth-order valence-corrected chi connectivity index (χ4v) is 2.40. The van der Waals surface area contributed by atoms with Crippen LogP contribution in [0, 0.1) is 13.8 Å². The molecule has 0 aliphatic heterocycles. The van der Waals surface area contributed by atoms with Gasteiger partial charge in [-0.3, -0.25) is 0 Å². The third-order valence-corrected chi connectivity index (χ3v) is 3.41. The molecule has 0 saturated carbocycles. The molecule has 0 spiro atoms. The number of esters is 1. The van der Waals surface area contributed by atoms with Crippen molar-refractivity contribution in [1.29, 1.82) is 0 Å². The van der Waals surface area contributed by atoms with E-state index in [2.05, 4.69) is 9.72 Å². The summed E-state index contributed by atoms with van der Waals surface area (Å²) in [5.41, 5.74) is 0.543. The molecule has 1 atom stereocenters. The van der Waals surface area contributed by atoms with E-state index in [0.29, 0.717) is 0 Å². The average molecular weight is 255 g/mol. The molecule has 0 amide bonds. The lowest BCUT2D eigenvalue weighted by Crippen LogP contribution is -2.38. The van der Waals surface area contributed by atoms with E-state index in [9.17, 15) is 9.90 Å². The Balaban J connectivity index is 2.70. The number of pyridine rings is 1. The van der Waals surface area contributed by atoms with Crippen LogP contribution in [0.2, 0.25) is 0 Å². The first-order valence-corrected chi connectivity index (χ1v) is 6.22. The van der Waals surface area contributed by atoms with Crippen LogP contribution in [0.3, 0.4) is 0 Å². The minimum atomic E-state index is -1.49. The molecule has 5 heteroatoms. The maximum absolute atomic E-state index is 11.3. The Kier molecular flexibility index (Phi) is 4.54. The first-order valence-electron chi connectivity index (χ1n) is 5.24. The minimum absolute atomic E-state index is 0.218. The van der Waals surface area contributed by atoms with Gasteiger partial charge in [-0.2, -0.15) is 0 Å². The van der Waals surface area contributed by atoms with Gasteiger partial charge in [-0.1, -0.05) is 0 Å². The second kappa shape index (κ2) is 5.51. The maximum Gasteiger partial charge on any atom is 0.338 e. The first-order chi connectivity index (χ1) is 7.85. The summed E-state index contributed by atoms with van der Waals surface area (Å²) in [6.45, 7) is 5.33. The fraction of sp³-hybridized carbons (Fsp3) is 0.500. The number of aliphatic hydroxyl groups is 1. The van der Waals surface area contributed by atoms with E-state index in [-0.39, 0.29) is 5.75 Å². The van der Waals surface area contributed by atoms with E-state index in [1.807, 2.05) is 26.0 Å². The van der Waals surface area contributed by atoms with Crippen LogP contribution < -0.4 is 0 Å². The van der Waals surface area contributed by atoms with Gasteiger partial charge in [-0.25, -0.2) is 9.78 Å². The van der Waals surface area contributed by atoms with Crippen LogP contribution in [-0.2, 0) is 9.53 Å². The molecular weight excluding hydrogens is 238 g/mol. The van der Waals surface area contributed by atoms with Crippen molar-refractivity contribution in [2.75, 3.05) is 12.9 Å². The van der Waals surface area contributed by atoms with Crippen molar-refractivity contribution in [2.45, 2.75) is 31.4 Å². The third kappa shape index (κ3) is 4.02. The molecule has 1 rings (SSSR count). The number of carbonyl (C=O) groups excluding carboxylic acids is 1. The molecule has 0 aromatic carbocycles. The Morgan fingerprint density at radius 3 is 2.71 bits per heavy atom. The number of aromatic nitrogens is 1. The van der Waals surface area contributed by atoms with Crippen LogP contribution in [-0.4, -0.2) is 34.5 Å². The fourth-order valence-electron chi connectivity index (χ4n) is 1.37. The van der Waals surface area contributed by atoms with Crippen LogP contribution in [0.25, 0.3) is 0 Å². The van der Waals surface area contributed by atoms with E-state index in [0.717, 1.165) is 16.3 Å². The number of thioether (sulfide) groups is 1. The summed E-state index contributed by atoms with van der Waals surface area (Å²) in [5, 5.41) is 10.7. The monoisotopic (exact) mass is 255 g/mol. The third-order valence-electron chi connectivity index (χ3n) is 2.20. The van der Waals surface area contributed by atoms with Crippen LogP contribution >= 0.6 is 11.8 Å². The largest absolute Gasteiger partial charge is 0.467 e. The van der Waals surface area contributed by atoms with Gasteiger partial charge in [0.25, 0.3) is 0 Å². The number of rotatable bonds is 4. The molecule has 1 aromatic rings. The highest BCUT2D eigenvalue weighted by Crippen LogP contribution is 2.23. The molecule has 0 fully saturated rings. The zero-order valence-electron chi connectivity index (χ0n) is 10.5. The molecule has 94 valence electrons. The van der Waals surface area contributed by atoms with Gasteiger partial charge in [0.05, 0.1) is 12.1 Å². The zero-order chi connectivity index (χ0) is 13.1. The quantitative estimate of drug-likeness (QED) is 0.655. The van der Waals surface area contributed by atoms with Gasteiger partial charge in [0.15, 0.2) is 5.60 Å². The Labute approximate surface area is 105 Å². The summed E-state index contributed by atoms with van der Waals surface area (Å²) in [5.74, 6) is -0.412.